The van der Waals surface area contributed by atoms with Crippen molar-refractivity contribution in [3.63, 3.8) is 0 Å². The Labute approximate surface area is 495 Å². The molecule has 0 radical (unpaired) electrons. The molecule has 3 heterocycles. The number of rotatable bonds is 16. The van der Waals surface area contributed by atoms with Gasteiger partial charge in [-0.15, -0.1) is 0 Å². The van der Waals surface area contributed by atoms with Crippen molar-refractivity contribution in [2.75, 3.05) is 19.6 Å². The number of nitrogens with zero attached hydrogens (tertiary/aromatic N) is 3. The first kappa shape index (κ1) is 67.6. The molecule has 0 aliphatic carbocycles. The molecule has 0 spiro atoms. The van der Waals surface area contributed by atoms with Crippen molar-refractivity contribution in [2.24, 2.45) is 34.2 Å². The van der Waals surface area contributed by atoms with E-state index in [1.807, 2.05) is 0 Å². The van der Waals surface area contributed by atoms with E-state index in [1.165, 1.54) is 11.8 Å². The number of carboxylic acids is 1. The Morgan fingerprint density at radius 3 is 1.40 bits per heavy atom. The lowest BCUT2D eigenvalue weighted by atomic mass is 9.99. The second kappa shape index (κ2) is 32.2. The number of amides is 10. The molecule has 0 bridgehead atoms. The normalized spacial score (nSPS) is 26.2. The van der Waals surface area contributed by atoms with Crippen LogP contribution in [0.2, 0.25) is 0 Å². The van der Waals surface area contributed by atoms with E-state index in [0.717, 1.165) is 4.90 Å². The number of carbonyl (C=O) groups excluding carboxylic acids is 10. The number of nitrogens with two attached hydrogens (primary N) is 2. The van der Waals surface area contributed by atoms with Gasteiger partial charge in [-0.25, -0.2) is 0 Å². The molecule has 0 unspecified atom stereocenters. The fourth-order valence-electron chi connectivity index (χ4n) is 10.7. The van der Waals surface area contributed by atoms with Gasteiger partial charge in [-0.2, -0.15) is 0 Å². The zero-order chi connectivity index (χ0) is 62.7. The zero-order valence-corrected chi connectivity index (χ0v) is 49.6. The minimum atomic E-state index is -1.80. The van der Waals surface area contributed by atoms with Gasteiger partial charge in [0.2, 0.25) is 59.1 Å². The van der Waals surface area contributed by atoms with Gasteiger partial charge in [0.25, 0.3) is 0 Å². The quantitative estimate of drug-likeness (QED) is 0.0545. The summed E-state index contributed by atoms with van der Waals surface area (Å²) in [5.41, 5.74) is 12.4. The van der Waals surface area contributed by atoms with Crippen LogP contribution in [0.3, 0.4) is 0 Å². The highest BCUT2D eigenvalue weighted by atomic mass is 16.4. The molecule has 2 aromatic carbocycles. The lowest BCUT2D eigenvalue weighted by molar-refractivity contribution is -0.146. The minimum Gasteiger partial charge on any atom is -0.481 e. The number of benzene rings is 2. The van der Waals surface area contributed by atoms with Gasteiger partial charge in [-0.05, 0) is 87.2 Å². The number of hydrogen-bond donors (Lipinski definition) is 12. The summed E-state index contributed by atoms with van der Waals surface area (Å²) in [6.45, 7) is 11.8. The maximum Gasteiger partial charge on any atom is 0.305 e. The number of guanidine groups is 1. The number of carboxylic acid groups (broad SMARTS) is 1. The van der Waals surface area contributed by atoms with E-state index in [2.05, 4.69) is 47.5 Å². The monoisotopic (exact) mass is 1190 g/mol. The third-order valence-corrected chi connectivity index (χ3v) is 15.1. The van der Waals surface area contributed by atoms with Crippen molar-refractivity contribution in [3.05, 3.63) is 71.8 Å². The first-order valence-electron chi connectivity index (χ1n) is 29.3. The van der Waals surface area contributed by atoms with E-state index < -0.39 is 144 Å². The molecule has 0 aromatic heterocycles. The molecule has 3 fully saturated rings. The Balaban J connectivity index is 1.60. The van der Waals surface area contributed by atoms with Gasteiger partial charge in [-0.3, -0.25) is 57.7 Å². The van der Waals surface area contributed by atoms with E-state index in [9.17, 15) is 63.0 Å². The summed E-state index contributed by atoms with van der Waals surface area (Å²) in [6.07, 6.45) is -1.81. The number of carbonyl (C=O) groups is 11. The molecule has 0 saturated carbocycles. The Hall–Kier alpha value is -8.16. The van der Waals surface area contributed by atoms with Crippen molar-refractivity contribution in [1.29, 1.82) is 0 Å². The molecular formula is C59H87N13O13. The molecule has 3 aliphatic heterocycles. The number of nitrogens with one attached hydrogen (secondary N) is 8. The lowest BCUT2D eigenvalue weighted by Gasteiger charge is -2.32. The van der Waals surface area contributed by atoms with Gasteiger partial charge in [-0.1, -0.05) is 102 Å². The molecule has 3 saturated heterocycles. The van der Waals surface area contributed by atoms with Crippen LogP contribution in [-0.4, -0.2) is 177 Å². The van der Waals surface area contributed by atoms with Crippen molar-refractivity contribution in [1.82, 2.24) is 52.3 Å². The third kappa shape index (κ3) is 20.3. The van der Waals surface area contributed by atoms with Gasteiger partial charge >= 0.3 is 5.97 Å². The summed E-state index contributed by atoms with van der Waals surface area (Å²) in [5, 5.41) is 42.6. The van der Waals surface area contributed by atoms with Crippen LogP contribution in [0.1, 0.15) is 117 Å². The standard InChI is InChI=1S/C59H87N13O13/c1-32(2)27-39-50(77)65-41(29-36-17-10-8-11-18-36)52(79)68-43(31-46(74)75)58(85)72-26-16-23-45(72)54(81)70-48(35(7)73)56(83)66-40(28-33(3)4)51(78)67-42(30-37-19-12-9-13-20-37)57(84)71-25-15-22-44(71)53(80)69-47(34(5)6)55(82)63-38(49(76)64-39)21-14-24-62-59(60)61/h8-13,17-20,32-35,38-45,47-48,73H,14-16,21-31H2,1-7H3,(H,63,82)(H,64,76)(H,65,77)(H,66,83)(H,67,78)(H,68,79)(H,69,80)(H,70,81)(H,74,75)(H4,60,61,62)/t35-,38+,39+,40+,41-,42-,43+,44+,45+,47+,48+/m1/s1. The number of aliphatic hydroxyl groups is 1. The summed E-state index contributed by atoms with van der Waals surface area (Å²) in [6, 6.07) is 3.13. The number of aliphatic hydroxyl groups excluding tert-OH is 1. The van der Waals surface area contributed by atoms with Crippen LogP contribution in [0.15, 0.2) is 65.7 Å². The van der Waals surface area contributed by atoms with Gasteiger partial charge in [0.1, 0.15) is 60.4 Å². The van der Waals surface area contributed by atoms with Crippen LogP contribution in [0, 0.1) is 17.8 Å². The van der Waals surface area contributed by atoms with Crippen LogP contribution in [0.5, 0.6) is 0 Å². The maximum atomic E-state index is 14.9. The minimum absolute atomic E-state index is 0.0116. The first-order valence-corrected chi connectivity index (χ1v) is 29.3. The van der Waals surface area contributed by atoms with Gasteiger partial charge in [0, 0.05) is 32.5 Å². The lowest BCUT2D eigenvalue weighted by Crippen LogP contribution is -2.62. The zero-order valence-electron chi connectivity index (χ0n) is 49.6. The highest BCUT2D eigenvalue weighted by Gasteiger charge is 2.44. The summed E-state index contributed by atoms with van der Waals surface area (Å²) in [5.74, 6) is -11.2. The molecule has 5 rings (SSSR count). The average molecular weight is 1190 g/mol. The predicted molar refractivity (Wildman–Crippen MR) is 313 cm³/mol. The summed E-state index contributed by atoms with van der Waals surface area (Å²) >= 11 is 0. The topological polar surface area (TPSA) is 395 Å². The number of fused-ring (bicyclic) bond motifs is 2. The fourth-order valence-corrected chi connectivity index (χ4v) is 10.7. The molecular weight excluding hydrogens is 1100 g/mol. The molecule has 3 aliphatic rings. The molecule has 10 amide bonds. The summed E-state index contributed by atoms with van der Waals surface area (Å²) in [7, 11) is 0. The summed E-state index contributed by atoms with van der Waals surface area (Å²) in [4.78, 5) is 164. The van der Waals surface area contributed by atoms with E-state index in [0.29, 0.717) is 17.5 Å². The van der Waals surface area contributed by atoms with E-state index in [1.54, 1.807) is 102 Å². The van der Waals surface area contributed by atoms with Crippen LogP contribution in [0.4, 0.5) is 0 Å². The van der Waals surface area contributed by atoms with Crippen LogP contribution in [-0.2, 0) is 65.6 Å². The molecule has 14 N–H and O–H groups in total. The maximum absolute atomic E-state index is 14.9. The smallest absolute Gasteiger partial charge is 0.305 e. The highest BCUT2D eigenvalue weighted by Crippen LogP contribution is 2.23. The van der Waals surface area contributed by atoms with Crippen molar-refractivity contribution in [3.8, 4) is 0 Å². The van der Waals surface area contributed by atoms with E-state index >= 15 is 0 Å². The third-order valence-electron chi connectivity index (χ3n) is 15.1. The molecule has 26 heteroatoms. The average Bonchev–Trinajstić information content (AvgIpc) is 3.31. The Morgan fingerprint density at radius 2 is 0.929 bits per heavy atom. The number of aliphatic imine (C=N–C) groups is 1. The van der Waals surface area contributed by atoms with Crippen LogP contribution < -0.4 is 54.0 Å². The van der Waals surface area contributed by atoms with Gasteiger partial charge < -0.3 is 74.0 Å². The second-order valence-corrected chi connectivity index (χ2v) is 23.4. The van der Waals surface area contributed by atoms with Gasteiger partial charge in [0.15, 0.2) is 5.96 Å². The molecule has 2 aromatic rings. The predicted octanol–water partition coefficient (Wildman–Crippen LogP) is -0.997. The van der Waals surface area contributed by atoms with Crippen molar-refractivity contribution in [2.45, 2.75) is 186 Å². The van der Waals surface area contributed by atoms with E-state index in [4.69, 9.17) is 11.5 Å². The van der Waals surface area contributed by atoms with Crippen LogP contribution in [0.25, 0.3) is 0 Å². The highest BCUT2D eigenvalue weighted by molar-refractivity contribution is 6.00. The molecule has 85 heavy (non-hydrogen) atoms. The SMILES string of the molecule is CC(C)C[C@@H]1NC(=O)[C@H](CCCN=C(N)N)NC(=O)[C@H](C(C)C)NC(=O)[C@@H]2CCCN2C(=O)[C@@H](Cc2ccccc2)NC(=O)[C@H](CC(C)C)NC(=O)[C@H]([C@@H](C)O)NC(=O)[C@@H]2CCCN2C(=O)[C@H](CC(=O)O)NC(=O)[C@@H](Cc2ccccc2)NC1=O. The Morgan fingerprint density at radius 1 is 0.529 bits per heavy atom. The van der Waals surface area contributed by atoms with Crippen LogP contribution >= 0.6 is 0 Å². The molecule has 26 nitrogen and oxygen atoms in total. The fraction of sp³-hybridized carbons (Fsp3) is 0.593. The summed E-state index contributed by atoms with van der Waals surface area (Å²) < 4.78 is 0. The Kier molecular flexibility index (Phi) is 25.6. The second-order valence-electron chi connectivity index (χ2n) is 23.4. The first-order chi connectivity index (χ1) is 40.2. The number of hydrogen-bond acceptors (Lipinski definition) is 13. The van der Waals surface area contributed by atoms with Gasteiger partial charge in [0.05, 0.1) is 12.5 Å². The van der Waals surface area contributed by atoms with Crippen molar-refractivity contribution < 1.29 is 63.0 Å². The Bertz CT molecular complexity index is 2710. The molecule has 466 valence electrons. The van der Waals surface area contributed by atoms with Crippen molar-refractivity contribution >= 4 is 71.0 Å². The number of aliphatic carboxylic acids is 1. The van der Waals surface area contributed by atoms with E-state index in [-0.39, 0.29) is 95.2 Å². The molecule has 11 atom stereocenters. The largest absolute Gasteiger partial charge is 0.481 e.